The van der Waals surface area contributed by atoms with Gasteiger partial charge in [0.05, 0.1) is 51.7 Å². The quantitative estimate of drug-likeness (QED) is 0.0906. The van der Waals surface area contributed by atoms with Gasteiger partial charge in [-0.1, -0.05) is 60.7 Å². The zero-order valence-electron chi connectivity index (χ0n) is 35.2. The Morgan fingerprint density at radius 3 is 1.42 bits per heavy atom. The van der Waals surface area contributed by atoms with Crippen molar-refractivity contribution in [1.29, 1.82) is 0 Å². The van der Waals surface area contributed by atoms with Crippen molar-refractivity contribution in [1.82, 2.24) is 0 Å². The van der Waals surface area contributed by atoms with Crippen molar-refractivity contribution < 1.29 is 98.4 Å². The van der Waals surface area contributed by atoms with E-state index in [1.165, 1.54) is 0 Å². The second-order valence-corrected chi connectivity index (χ2v) is 16.4. The number of nitrogens with two attached hydrogens (primary N) is 2. The smallest absolute Gasteiger partial charge is 0.187 e. The highest BCUT2D eigenvalue weighted by Gasteiger charge is 2.55. The Morgan fingerprint density at radius 1 is 0.547 bits per heavy atom. The summed E-state index contributed by atoms with van der Waals surface area (Å²) >= 11 is 0. The van der Waals surface area contributed by atoms with E-state index >= 15 is 0 Å². The molecule has 0 radical (unpaired) electrons. The van der Waals surface area contributed by atoms with E-state index in [1.807, 2.05) is 60.7 Å². The molecule has 5 aliphatic rings. The third-order valence-corrected chi connectivity index (χ3v) is 11.4. The van der Waals surface area contributed by atoms with Gasteiger partial charge in [0.2, 0.25) is 0 Å². The maximum Gasteiger partial charge on any atom is 0.187 e. The molecule has 22 nitrogen and oxygen atoms in total. The number of hydrogen-bond donors (Lipinski definition) is 12. The molecule has 2 aromatic carbocycles. The molecule has 5 saturated heterocycles. The third-order valence-electron chi connectivity index (χ3n) is 11.4. The molecular weight excluding hydrogens is 876 g/mol. The first-order valence-electron chi connectivity index (χ1n) is 20.7. The summed E-state index contributed by atoms with van der Waals surface area (Å²) in [5.74, 6) is -0.932. The topological polar surface area (TPSA) is 347 Å². The number of aliphatic hydroxyl groups is 10. The summed E-state index contributed by atoms with van der Waals surface area (Å²) in [6.45, 7) is 2.34. The minimum atomic E-state index is -1.67. The van der Waals surface area contributed by atoms with Gasteiger partial charge < -0.3 is 110 Å². The number of fused-ring (bicyclic) bond motifs is 1. The van der Waals surface area contributed by atoms with E-state index in [0.29, 0.717) is 0 Å². The molecule has 7 rings (SSSR count). The molecule has 0 bridgehead atoms. The first-order valence-corrected chi connectivity index (χ1v) is 20.7. The van der Waals surface area contributed by atoms with E-state index < -0.39 is 148 Å². The van der Waals surface area contributed by atoms with Gasteiger partial charge >= 0.3 is 0 Å². The lowest BCUT2D eigenvalue weighted by atomic mass is 9.94. The van der Waals surface area contributed by atoms with E-state index in [4.69, 9.17) is 58.8 Å². The molecule has 364 valence electrons. The summed E-state index contributed by atoms with van der Waals surface area (Å²) in [5.41, 5.74) is 14.4. The molecular formula is C41H63ClN2O20. The van der Waals surface area contributed by atoms with Gasteiger partial charge in [-0.05, 0) is 25.0 Å². The molecule has 2 aromatic rings. The lowest BCUT2D eigenvalue weighted by molar-refractivity contribution is -0.392. The summed E-state index contributed by atoms with van der Waals surface area (Å²) in [6, 6.07) is 16.8. The van der Waals surface area contributed by atoms with Crippen molar-refractivity contribution in [3.8, 4) is 0 Å². The molecule has 5 aliphatic heterocycles. The number of benzene rings is 2. The van der Waals surface area contributed by atoms with Gasteiger partial charge in [0.15, 0.2) is 30.9 Å². The molecule has 0 saturated carbocycles. The molecule has 14 N–H and O–H groups in total. The Morgan fingerprint density at radius 2 is 0.953 bits per heavy atom. The molecule has 23 heteroatoms. The van der Waals surface area contributed by atoms with Crippen LogP contribution in [0.2, 0.25) is 0 Å². The van der Waals surface area contributed by atoms with Crippen LogP contribution in [0.25, 0.3) is 0 Å². The van der Waals surface area contributed by atoms with Crippen molar-refractivity contribution in [2.24, 2.45) is 11.5 Å². The number of halogens is 1. The number of hydrogen-bond acceptors (Lipinski definition) is 22. The van der Waals surface area contributed by atoms with Crippen LogP contribution in [0.1, 0.15) is 25.0 Å². The van der Waals surface area contributed by atoms with Crippen molar-refractivity contribution in [3.63, 3.8) is 0 Å². The number of aliphatic hydroxyl groups excluding tert-OH is 10. The van der Waals surface area contributed by atoms with Crippen molar-refractivity contribution in [2.75, 3.05) is 26.4 Å². The van der Waals surface area contributed by atoms with Crippen molar-refractivity contribution >= 4 is 12.4 Å². The lowest BCUT2D eigenvalue weighted by Gasteiger charge is -2.51. The molecule has 20 atom stereocenters. The van der Waals surface area contributed by atoms with Crippen LogP contribution < -0.4 is 11.5 Å². The lowest BCUT2D eigenvalue weighted by Crippen LogP contribution is -2.69. The zero-order chi connectivity index (χ0) is 45.6. The van der Waals surface area contributed by atoms with Crippen LogP contribution in [0, 0.1) is 0 Å². The van der Waals surface area contributed by atoms with E-state index in [1.54, 1.807) is 13.8 Å². The standard InChI is InChI=1S/C22H33NO10.C19H29NO10.ClH/c1-22(2)29-10-13-18(33-22)19(32-21-17(27)16(26)15(25)12(8-24)30-21)14(23)20(31-13)28-9-11-6-4-3-5-7-11;20-12-17(30-19-16(26)15(25)13(23)10(6-21)29-19)14(24)11(7-22)28-18(12)27-8-9-4-2-1-3-5-9;/h3-7,12-21,24-27H,8-10,23H2,1-2H3;1-5,10-19,21-26H,6-8,20H2;1H/t12?,13?,14?,15-,16-,17?,18+,19+,20+,21-;10?,11?,12?,13-,14+,15-,16?,17+,18+,19-;/m00./s1. The molecule has 64 heavy (non-hydrogen) atoms. The molecule has 5 fully saturated rings. The zero-order valence-corrected chi connectivity index (χ0v) is 36.0. The first kappa shape index (κ1) is 52.8. The summed E-state index contributed by atoms with van der Waals surface area (Å²) in [4.78, 5) is 0. The highest BCUT2D eigenvalue weighted by molar-refractivity contribution is 5.85. The Labute approximate surface area is 375 Å². The predicted octanol–water partition coefficient (Wildman–Crippen LogP) is -4.19. The van der Waals surface area contributed by atoms with Crippen LogP contribution in [0.4, 0.5) is 0 Å². The Hall–Kier alpha value is -2.15. The highest BCUT2D eigenvalue weighted by Crippen LogP contribution is 2.36. The summed E-state index contributed by atoms with van der Waals surface area (Å²) in [6.07, 6.45) is -22.5. The highest BCUT2D eigenvalue weighted by atomic mass is 35.5. The van der Waals surface area contributed by atoms with Crippen LogP contribution in [0.5, 0.6) is 0 Å². The fourth-order valence-corrected chi connectivity index (χ4v) is 7.75. The average molecular weight is 939 g/mol. The van der Waals surface area contributed by atoms with E-state index in [9.17, 15) is 51.1 Å². The monoisotopic (exact) mass is 938 g/mol. The van der Waals surface area contributed by atoms with Gasteiger partial charge in [-0.25, -0.2) is 0 Å². The normalized spacial score (nSPS) is 42.0. The van der Waals surface area contributed by atoms with Gasteiger partial charge in [0, 0.05) is 0 Å². The molecule has 8 unspecified atom stereocenters. The van der Waals surface area contributed by atoms with Crippen LogP contribution in [-0.4, -0.2) is 206 Å². The van der Waals surface area contributed by atoms with Gasteiger partial charge in [-0.15, -0.1) is 12.4 Å². The Bertz CT molecular complexity index is 1660. The van der Waals surface area contributed by atoms with Gasteiger partial charge in [0.25, 0.3) is 0 Å². The van der Waals surface area contributed by atoms with Crippen molar-refractivity contribution in [2.45, 2.75) is 156 Å². The van der Waals surface area contributed by atoms with Crippen LogP contribution >= 0.6 is 12.4 Å². The molecule has 0 aromatic heterocycles. The predicted molar refractivity (Wildman–Crippen MR) is 218 cm³/mol. The van der Waals surface area contributed by atoms with E-state index in [-0.39, 0.29) is 32.2 Å². The molecule has 5 heterocycles. The molecule has 0 amide bonds. The van der Waals surface area contributed by atoms with Crippen molar-refractivity contribution in [3.05, 3.63) is 71.8 Å². The Kier molecular flexibility index (Phi) is 19.6. The first-order chi connectivity index (χ1) is 30.1. The second kappa shape index (κ2) is 23.7. The van der Waals surface area contributed by atoms with E-state index in [2.05, 4.69) is 0 Å². The Balaban J connectivity index is 0.000000238. The fourth-order valence-electron chi connectivity index (χ4n) is 7.75. The number of rotatable bonds is 13. The van der Waals surface area contributed by atoms with Crippen LogP contribution in [0.3, 0.4) is 0 Å². The number of ether oxygens (including phenoxy) is 10. The maximum atomic E-state index is 10.5. The average Bonchev–Trinajstić information content (AvgIpc) is 3.28. The van der Waals surface area contributed by atoms with E-state index in [0.717, 1.165) is 11.1 Å². The maximum absolute atomic E-state index is 10.5. The third kappa shape index (κ3) is 12.5. The SMILES string of the molecule is CC1(C)OCC2O[C@@H](OCc3ccccc3)C(N)[C@@H](O[C@@H]3OC(CO)[C@H](O)[C@H](O)C3O)[C@@H]2O1.Cl.NC1[C@H](OCc2ccccc2)OC(CO)[C@@H](O)[C@@H]1O[C@@H]1OC(CO)[C@H](O)[C@H](O)C1O. The minimum absolute atomic E-state index is 0. The summed E-state index contributed by atoms with van der Waals surface area (Å²) < 4.78 is 57.5. The largest absolute Gasteiger partial charge is 0.394 e. The van der Waals surface area contributed by atoms with Crippen LogP contribution in [0.15, 0.2) is 60.7 Å². The summed E-state index contributed by atoms with van der Waals surface area (Å²) in [7, 11) is 0. The van der Waals surface area contributed by atoms with Gasteiger partial charge in [-0.3, -0.25) is 0 Å². The van der Waals surface area contributed by atoms with Crippen LogP contribution in [-0.2, 0) is 60.6 Å². The fraction of sp³-hybridized carbons (Fsp3) is 0.707. The molecule has 0 spiro atoms. The minimum Gasteiger partial charge on any atom is -0.394 e. The molecule has 0 aliphatic carbocycles. The summed E-state index contributed by atoms with van der Waals surface area (Å²) in [5, 5.41) is 99.5. The van der Waals surface area contributed by atoms with Gasteiger partial charge in [0.1, 0.15) is 85.5 Å². The van der Waals surface area contributed by atoms with Gasteiger partial charge in [-0.2, -0.15) is 0 Å². The second-order valence-electron chi connectivity index (χ2n) is 16.4.